The molecule has 3 N–H and O–H groups in total. The molecule has 1 aromatic carbocycles. The summed E-state index contributed by atoms with van der Waals surface area (Å²) in [6.07, 6.45) is 0. The van der Waals surface area contributed by atoms with Gasteiger partial charge in [0.15, 0.2) is 0 Å². The third kappa shape index (κ3) is 5.38. The van der Waals surface area contributed by atoms with E-state index in [-0.39, 0.29) is 18.5 Å². The van der Waals surface area contributed by atoms with Crippen LogP contribution in [0.2, 0.25) is 0 Å². The van der Waals surface area contributed by atoms with E-state index in [0.717, 1.165) is 0 Å². The minimum atomic E-state index is -1.02. The van der Waals surface area contributed by atoms with E-state index < -0.39 is 12.0 Å². The third-order valence-corrected chi connectivity index (χ3v) is 2.67. The lowest BCUT2D eigenvalue weighted by atomic mass is 10.1. The maximum atomic E-state index is 11.7. The van der Waals surface area contributed by atoms with Crippen LogP contribution in [0.4, 0.5) is 0 Å². The molecule has 1 aromatic rings. The molecule has 0 bridgehead atoms. The van der Waals surface area contributed by atoms with Crippen molar-refractivity contribution in [3.05, 3.63) is 35.9 Å². The van der Waals surface area contributed by atoms with Crippen LogP contribution < -0.4 is 10.6 Å². The number of methoxy groups -OCH3 is 1. The van der Waals surface area contributed by atoms with Crippen LogP contribution in [0.3, 0.4) is 0 Å². The van der Waals surface area contributed by atoms with Crippen molar-refractivity contribution in [2.45, 2.75) is 19.0 Å². The lowest BCUT2D eigenvalue weighted by Gasteiger charge is -2.16. The Balaban J connectivity index is 2.52. The Bertz CT molecular complexity index is 436. The molecule has 20 heavy (non-hydrogen) atoms. The molecule has 0 spiro atoms. The Kier molecular flexibility index (Phi) is 6.69. The van der Waals surface area contributed by atoms with Gasteiger partial charge in [-0.3, -0.25) is 14.9 Å². The van der Waals surface area contributed by atoms with Gasteiger partial charge >= 0.3 is 5.97 Å². The summed E-state index contributed by atoms with van der Waals surface area (Å²) in [5.74, 6) is -1.29. The molecule has 0 saturated heterocycles. The molecule has 2 unspecified atom stereocenters. The largest absolute Gasteiger partial charge is 0.480 e. The fourth-order valence-corrected chi connectivity index (χ4v) is 1.81. The van der Waals surface area contributed by atoms with Crippen molar-refractivity contribution in [3.63, 3.8) is 0 Å². The van der Waals surface area contributed by atoms with E-state index in [2.05, 4.69) is 10.6 Å². The van der Waals surface area contributed by atoms with Gasteiger partial charge in [-0.1, -0.05) is 30.3 Å². The van der Waals surface area contributed by atoms with E-state index in [1.54, 1.807) is 31.4 Å². The highest BCUT2D eigenvalue weighted by Crippen LogP contribution is 2.11. The summed E-state index contributed by atoms with van der Waals surface area (Å²) in [7, 11) is 1.55. The van der Waals surface area contributed by atoms with Crippen LogP contribution in [-0.2, 0) is 14.3 Å². The van der Waals surface area contributed by atoms with Gasteiger partial charge in [0.2, 0.25) is 5.91 Å². The summed E-state index contributed by atoms with van der Waals surface area (Å²) in [5, 5.41) is 14.6. The molecule has 0 radical (unpaired) electrons. The zero-order valence-electron chi connectivity index (χ0n) is 11.6. The van der Waals surface area contributed by atoms with E-state index in [9.17, 15) is 14.7 Å². The Morgan fingerprint density at radius 3 is 2.50 bits per heavy atom. The van der Waals surface area contributed by atoms with Crippen LogP contribution in [0.5, 0.6) is 0 Å². The fourth-order valence-electron chi connectivity index (χ4n) is 1.81. The Hall–Kier alpha value is -1.92. The zero-order chi connectivity index (χ0) is 15.0. The number of benzene rings is 1. The molecule has 1 amide bonds. The highest BCUT2D eigenvalue weighted by atomic mass is 16.5. The number of ether oxygens (including phenoxy) is 1. The lowest BCUT2D eigenvalue weighted by molar-refractivity contribution is -0.139. The lowest BCUT2D eigenvalue weighted by Crippen LogP contribution is -2.43. The molecule has 2 atom stereocenters. The van der Waals surface area contributed by atoms with Gasteiger partial charge in [0.1, 0.15) is 6.04 Å². The Labute approximate surface area is 118 Å². The SMILES string of the molecule is COCC(C)NC(=O)CNC(C(=O)O)c1ccccc1. The predicted molar refractivity (Wildman–Crippen MR) is 74.3 cm³/mol. The zero-order valence-corrected chi connectivity index (χ0v) is 11.6. The van der Waals surface area contributed by atoms with Crippen molar-refractivity contribution in [2.24, 2.45) is 0 Å². The fraction of sp³-hybridized carbons (Fsp3) is 0.429. The van der Waals surface area contributed by atoms with Crippen molar-refractivity contribution in [2.75, 3.05) is 20.3 Å². The van der Waals surface area contributed by atoms with E-state index in [1.807, 2.05) is 13.0 Å². The summed E-state index contributed by atoms with van der Waals surface area (Å²) in [4.78, 5) is 22.9. The molecule has 0 heterocycles. The number of carbonyl (C=O) groups excluding carboxylic acids is 1. The molecular weight excluding hydrogens is 260 g/mol. The monoisotopic (exact) mass is 280 g/mol. The molecule has 0 fully saturated rings. The molecule has 0 aromatic heterocycles. The minimum Gasteiger partial charge on any atom is -0.480 e. The average Bonchev–Trinajstić information content (AvgIpc) is 2.40. The number of nitrogens with one attached hydrogen (secondary N) is 2. The first-order valence-electron chi connectivity index (χ1n) is 6.34. The van der Waals surface area contributed by atoms with E-state index in [1.165, 1.54) is 0 Å². The van der Waals surface area contributed by atoms with Gasteiger partial charge in [0, 0.05) is 13.2 Å². The Morgan fingerprint density at radius 1 is 1.30 bits per heavy atom. The second-order valence-corrected chi connectivity index (χ2v) is 4.49. The van der Waals surface area contributed by atoms with Gasteiger partial charge in [0.05, 0.1) is 13.2 Å². The second-order valence-electron chi connectivity index (χ2n) is 4.49. The van der Waals surface area contributed by atoms with Crippen LogP contribution >= 0.6 is 0 Å². The van der Waals surface area contributed by atoms with Crippen LogP contribution in [-0.4, -0.2) is 43.3 Å². The van der Waals surface area contributed by atoms with Crippen LogP contribution in [0.25, 0.3) is 0 Å². The number of amides is 1. The molecule has 1 rings (SSSR count). The first-order chi connectivity index (χ1) is 9.54. The van der Waals surface area contributed by atoms with Crippen molar-refractivity contribution in [3.8, 4) is 0 Å². The van der Waals surface area contributed by atoms with Crippen molar-refractivity contribution < 1.29 is 19.4 Å². The summed E-state index contributed by atoms with van der Waals surface area (Å²) in [6.45, 7) is 2.15. The third-order valence-electron chi connectivity index (χ3n) is 2.67. The standard InChI is InChI=1S/C14H20N2O4/c1-10(9-20-2)16-12(17)8-15-13(14(18)19)11-6-4-3-5-7-11/h3-7,10,13,15H,8-9H2,1-2H3,(H,16,17)(H,18,19). The predicted octanol–water partition coefficient (Wildman–Crippen LogP) is 0.553. The van der Waals surface area contributed by atoms with Gasteiger partial charge in [-0.2, -0.15) is 0 Å². The first kappa shape index (κ1) is 16.1. The number of rotatable bonds is 8. The number of carboxylic acid groups (broad SMARTS) is 1. The number of carboxylic acids is 1. The van der Waals surface area contributed by atoms with Gasteiger partial charge in [-0.25, -0.2) is 0 Å². The number of hydrogen-bond acceptors (Lipinski definition) is 4. The number of carbonyl (C=O) groups is 2. The van der Waals surface area contributed by atoms with Crippen LogP contribution in [0, 0.1) is 0 Å². The second kappa shape index (κ2) is 8.29. The quantitative estimate of drug-likeness (QED) is 0.647. The molecule has 6 heteroatoms. The van der Waals surface area contributed by atoms with E-state index >= 15 is 0 Å². The van der Waals surface area contributed by atoms with Gasteiger partial charge < -0.3 is 15.2 Å². The molecule has 6 nitrogen and oxygen atoms in total. The van der Waals surface area contributed by atoms with Crippen LogP contribution in [0.15, 0.2) is 30.3 Å². The Morgan fingerprint density at radius 2 is 1.95 bits per heavy atom. The normalized spacial score (nSPS) is 13.5. The summed E-state index contributed by atoms with van der Waals surface area (Å²) >= 11 is 0. The summed E-state index contributed by atoms with van der Waals surface area (Å²) in [6, 6.07) is 7.71. The van der Waals surface area contributed by atoms with Crippen molar-refractivity contribution in [1.82, 2.24) is 10.6 Å². The smallest absolute Gasteiger partial charge is 0.325 e. The van der Waals surface area contributed by atoms with E-state index in [4.69, 9.17) is 4.74 Å². The molecular formula is C14H20N2O4. The van der Waals surface area contributed by atoms with Gasteiger partial charge in [-0.05, 0) is 12.5 Å². The molecule has 0 aliphatic carbocycles. The topological polar surface area (TPSA) is 87.7 Å². The first-order valence-corrected chi connectivity index (χ1v) is 6.34. The summed E-state index contributed by atoms with van der Waals surface area (Å²) < 4.78 is 4.91. The minimum absolute atomic E-state index is 0.0695. The van der Waals surface area contributed by atoms with Gasteiger partial charge in [0.25, 0.3) is 0 Å². The maximum absolute atomic E-state index is 11.7. The highest BCUT2D eigenvalue weighted by Gasteiger charge is 2.20. The maximum Gasteiger partial charge on any atom is 0.325 e. The molecule has 110 valence electrons. The number of hydrogen-bond donors (Lipinski definition) is 3. The van der Waals surface area contributed by atoms with E-state index in [0.29, 0.717) is 12.2 Å². The van der Waals surface area contributed by atoms with Gasteiger partial charge in [-0.15, -0.1) is 0 Å². The number of aliphatic carboxylic acids is 1. The van der Waals surface area contributed by atoms with Crippen LogP contribution in [0.1, 0.15) is 18.5 Å². The highest BCUT2D eigenvalue weighted by molar-refractivity contribution is 5.80. The molecule has 0 aliphatic heterocycles. The summed E-state index contributed by atoms with van der Waals surface area (Å²) in [5.41, 5.74) is 0.609. The average molecular weight is 280 g/mol. The molecule has 0 saturated carbocycles. The van der Waals surface area contributed by atoms with Crippen molar-refractivity contribution >= 4 is 11.9 Å². The van der Waals surface area contributed by atoms with Crippen molar-refractivity contribution in [1.29, 1.82) is 0 Å². The molecule has 0 aliphatic rings.